The van der Waals surface area contributed by atoms with E-state index in [1.807, 2.05) is 6.92 Å². The van der Waals surface area contributed by atoms with Gasteiger partial charge in [0, 0.05) is 6.07 Å². The third kappa shape index (κ3) is 3.37. The molecule has 6 nitrogen and oxygen atoms in total. The van der Waals surface area contributed by atoms with Crippen LogP contribution in [-0.4, -0.2) is 27.0 Å². The molecule has 1 saturated carbocycles. The van der Waals surface area contributed by atoms with Gasteiger partial charge in [-0.1, -0.05) is 18.5 Å². The van der Waals surface area contributed by atoms with Crippen molar-refractivity contribution in [3.05, 3.63) is 16.5 Å². The van der Waals surface area contributed by atoms with Gasteiger partial charge < -0.3 is 10.4 Å². The summed E-state index contributed by atoms with van der Waals surface area (Å²) in [5.74, 6) is -2.21. The second kappa shape index (κ2) is 5.93. The van der Waals surface area contributed by atoms with Crippen LogP contribution in [0.15, 0.2) is 6.07 Å². The third-order valence-corrected chi connectivity index (χ3v) is 3.73. The first-order valence-corrected chi connectivity index (χ1v) is 6.86. The highest BCUT2D eigenvalue weighted by atomic mass is 35.5. The lowest BCUT2D eigenvalue weighted by Crippen LogP contribution is -2.30. The largest absolute Gasteiger partial charge is 0.481 e. The summed E-state index contributed by atoms with van der Waals surface area (Å²) in [4.78, 5) is 30.8. The van der Waals surface area contributed by atoms with Crippen LogP contribution in [0.25, 0.3) is 0 Å². The first kappa shape index (κ1) is 15.0. The minimum Gasteiger partial charge on any atom is -0.481 e. The summed E-state index contributed by atoms with van der Waals surface area (Å²) >= 11 is 11.4. The molecule has 0 radical (unpaired) electrons. The number of halogens is 2. The van der Waals surface area contributed by atoms with Crippen LogP contribution in [-0.2, 0) is 9.59 Å². The van der Waals surface area contributed by atoms with Crippen LogP contribution in [0.1, 0.15) is 19.8 Å². The highest BCUT2D eigenvalue weighted by Crippen LogP contribution is 2.37. The molecule has 3 atom stereocenters. The minimum atomic E-state index is -0.951. The second-order valence-electron chi connectivity index (χ2n) is 4.96. The van der Waals surface area contributed by atoms with Crippen molar-refractivity contribution < 1.29 is 14.7 Å². The van der Waals surface area contributed by atoms with E-state index in [4.69, 9.17) is 28.3 Å². The van der Waals surface area contributed by atoms with Gasteiger partial charge in [0.1, 0.15) is 11.0 Å². The molecule has 1 aromatic heterocycles. The van der Waals surface area contributed by atoms with E-state index in [-0.39, 0.29) is 28.1 Å². The standard InChI is InChI=1S/C12H13Cl2N3O3/c1-5-2-6(7(3-5)11(19)20)10(18)16-9-4-8(13)15-12(14)17-9/h4-7H,2-3H2,1H3,(H,19,20)(H,15,16,17,18). The zero-order valence-corrected chi connectivity index (χ0v) is 12.1. The maximum Gasteiger partial charge on any atom is 0.307 e. The summed E-state index contributed by atoms with van der Waals surface area (Å²) in [6, 6.07) is 1.36. The first-order valence-electron chi connectivity index (χ1n) is 6.10. The van der Waals surface area contributed by atoms with Crippen molar-refractivity contribution in [2.45, 2.75) is 19.8 Å². The molecule has 1 aliphatic carbocycles. The maximum atomic E-state index is 12.2. The molecule has 1 aliphatic rings. The molecule has 0 spiro atoms. The molecule has 1 heterocycles. The van der Waals surface area contributed by atoms with Crippen LogP contribution in [0.2, 0.25) is 10.4 Å². The number of nitrogens with zero attached hydrogens (tertiary/aromatic N) is 2. The van der Waals surface area contributed by atoms with Crippen molar-refractivity contribution in [2.75, 3.05) is 5.32 Å². The van der Waals surface area contributed by atoms with Gasteiger partial charge in [0.05, 0.1) is 11.8 Å². The van der Waals surface area contributed by atoms with Gasteiger partial charge >= 0.3 is 5.97 Å². The Morgan fingerprint density at radius 3 is 2.55 bits per heavy atom. The number of aromatic nitrogens is 2. The molecule has 1 fully saturated rings. The zero-order valence-electron chi connectivity index (χ0n) is 10.6. The topological polar surface area (TPSA) is 92.2 Å². The van der Waals surface area contributed by atoms with Gasteiger partial charge in [-0.2, -0.15) is 0 Å². The van der Waals surface area contributed by atoms with E-state index < -0.39 is 17.8 Å². The van der Waals surface area contributed by atoms with Crippen LogP contribution < -0.4 is 5.32 Å². The molecule has 20 heavy (non-hydrogen) atoms. The van der Waals surface area contributed by atoms with Gasteiger partial charge in [-0.05, 0) is 30.4 Å². The molecule has 0 aromatic carbocycles. The second-order valence-corrected chi connectivity index (χ2v) is 5.69. The van der Waals surface area contributed by atoms with Crippen molar-refractivity contribution in [1.29, 1.82) is 0 Å². The van der Waals surface area contributed by atoms with Gasteiger partial charge in [0.15, 0.2) is 0 Å². The molecule has 108 valence electrons. The normalized spacial score (nSPS) is 25.4. The first-order chi connectivity index (χ1) is 9.36. The number of anilines is 1. The lowest BCUT2D eigenvalue weighted by atomic mass is 9.95. The van der Waals surface area contributed by atoms with E-state index >= 15 is 0 Å². The monoisotopic (exact) mass is 317 g/mol. The Morgan fingerprint density at radius 1 is 1.30 bits per heavy atom. The maximum absolute atomic E-state index is 12.2. The fourth-order valence-electron chi connectivity index (χ4n) is 2.53. The molecule has 3 unspecified atom stereocenters. The molecule has 0 aliphatic heterocycles. The molecular weight excluding hydrogens is 305 g/mol. The van der Waals surface area contributed by atoms with Crippen molar-refractivity contribution >= 4 is 40.9 Å². The molecule has 1 aromatic rings. The summed E-state index contributed by atoms with van der Waals surface area (Å²) in [5.41, 5.74) is 0. The summed E-state index contributed by atoms with van der Waals surface area (Å²) in [6.07, 6.45) is 1.04. The Morgan fingerprint density at radius 2 is 1.95 bits per heavy atom. The number of carbonyl (C=O) groups is 2. The van der Waals surface area contributed by atoms with Crippen molar-refractivity contribution in [3.63, 3.8) is 0 Å². The van der Waals surface area contributed by atoms with Crippen LogP contribution in [0.3, 0.4) is 0 Å². The van der Waals surface area contributed by atoms with E-state index in [2.05, 4.69) is 15.3 Å². The van der Waals surface area contributed by atoms with Gasteiger partial charge in [0.2, 0.25) is 11.2 Å². The lowest BCUT2D eigenvalue weighted by molar-refractivity contribution is -0.145. The predicted octanol–water partition coefficient (Wildman–Crippen LogP) is 2.47. The number of hydrogen-bond donors (Lipinski definition) is 2. The fraction of sp³-hybridized carbons (Fsp3) is 0.500. The van der Waals surface area contributed by atoms with Gasteiger partial charge in [-0.15, -0.1) is 0 Å². The highest BCUT2D eigenvalue weighted by Gasteiger charge is 2.41. The number of aliphatic carboxylic acids is 1. The Hall–Kier alpha value is -1.40. The Kier molecular flexibility index (Phi) is 4.45. The van der Waals surface area contributed by atoms with Crippen LogP contribution in [0, 0.1) is 17.8 Å². The van der Waals surface area contributed by atoms with E-state index in [9.17, 15) is 9.59 Å². The van der Waals surface area contributed by atoms with Crippen molar-refractivity contribution in [1.82, 2.24) is 9.97 Å². The highest BCUT2D eigenvalue weighted by molar-refractivity contribution is 6.32. The average Bonchev–Trinajstić information content (AvgIpc) is 2.70. The van der Waals surface area contributed by atoms with E-state index in [0.717, 1.165) is 0 Å². The number of nitrogens with one attached hydrogen (secondary N) is 1. The molecule has 0 saturated heterocycles. The number of hydrogen-bond acceptors (Lipinski definition) is 4. The average molecular weight is 318 g/mol. The zero-order chi connectivity index (χ0) is 14.9. The quantitative estimate of drug-likeness (QED) is 0.660. The number of carbonyl (C=O) groups excluding carboxylic acids is 1. The Balaban J connectivity index is 2.13. The third-order valence-electron chi connectivity index (χ3n) is 3.37. The van der Waals surface area contributed by atoms with E-state index in [1.165, 1.54) is 6.07 Å². The molecular formula is C12H13Cl2N3O3. The number of carboxylic acid groups (broad SMARTS) is 1. The van der Waals surface area contributed by atoms with E-state index in [0.29, 0.717) is 12.8 Å². The van der Waals surface area contributed by atoms with Gasteiger partial charge in [-0.3, -0.25) is 9.59 Å². The van der Waals surface area contributed by atoms with Gasteiger partial charge in [0.25, 0.3) is 0 Å². The summed E-state index contributed by atoms with van der Waals surface area (Å²) in [6.45, 7) is 1.93. The predicted molar refractivity (Wildman–Crippen MR) is 73.7 cm³/mol. The SMILES string of the molecule is CC1CC(C(=O)O)C(C(=O)Nc2cc(Cl)nc(Cl)n2)C1. The lowest BCUT2D eigenvalue weighted by Gasteiger charge is -2.15. The Labute approximate surface area is 125 Å². The van der Waals surface area contributed by atoms with Crippen molar-refractivity contribution in [2.24, 2.45) is 17.8 Å². The molecule has 2 N–H and O–H groups in total. The molecule has 1 amide bonds. The van der Waals surface area contributed by atoms with Crippen molar-refractivity contribution in [3.8, 4) is 0 Å². The van der Waals surface area contributed by atoms with E-state index in [1.54, 1.807) is 0 Å². The molecule has 0 bridgehead atoms. The smallest absolute Gasteiger partial charge is 0.307 e. The Bertz CT molecular complexity index is 532. The number of carboxylic acids is 1. The van der Waals surface area contributed by atoms with Crippen LogP contribution in [0.5, 0.6) is 0 Å². The number of amides is 1. The molecule has 2 rings (SSSR count). The fourth-order valence-corrected chi connectivity index (χ4v) is 2.94. The minimum absolute atomic E-state index is 0.0811. The summed E-state index contributed by atoms with van der Waals surface area (Å²) in [7, 11) is 0. The van der Waals surface area contributed by atoms with Crippen LogP contribution in [0.4, 0.5) is 5.82 Å². The van der Waals surface area contributed by atoms with Gasteiger partial charge in [-0.25, -0.2) is 9.97 Å². The summed E-state index contributed by atoms with van der Waals surface area (Å²) < 4.78 is 0. The molecule has 8 heteroatoms. The number of rotatable bonds is 3. The summed E-state index contributed by atoms with van der Waals surface area (Å²) in [5, 5.41) is 11.7. The van der Waals surface area contributed by atoms with Crippen LogP contribution >= 0.6 is 23.2 Å².